The zero-order valence-electron chi connectivity index (χ0n) is 17.4. The standard InChI is InChI=1S/C24H13ClF3N3O3/c1-34-23(33)15-8-6-14(7-9-15)21-16-10-5-13(12-29)11-19(16)31(30-21)22(32)20-17(24(26,27)28)3-2-4-18(20)25/h2-11H,1H3. The van der Waals surface area contributed by atoms with E-state index in [-0.39, 0.29) is 27.4 Å². The third-order valence-corrected chi connectivity index (χ3v) is 5.43. The Hall–Kier alpha value is -4.16. The van der Waals surface area contributed by atoms with Crippen molar-refractivity contribution in [3.63, 3.8) is 0 Å². The molecule has 0 saturated carbocycles. The van der Waals surface area contributed by atoms with Crippen LogP contribution in [0, 0.1) is 11.3 Å². The number of ether oxygens (including phenoxy) is 1. The number of fused-ring (bicyclic) bond motifs is 1. The molecule has 0 fully saturated rings. The Morgan fingerprint density at radius 1 is 1.09 bits per heavy atom. The molecule has 0 aliphatic rings. The summed E-state index contributed by atoms with van der Waals surface area (Å²) in [4.78, 5) is 25.1. The van der Waals surface area contributed by atoms with Crippen LogP contribution >= 0.6 is 11.6 Å². The fourth-order valence-corrected chi connectivity index (χ4v) is 3.77. The lowest BCUT2D eigenvalue weighted by molar-refractivity contribution is -0.137. The molecule has 0 aliphatic heterocycles. The number of carbonyl (C=O) groups excluding carboxylic acids is 2. The highest BCUT2D eigenvalue weighted by atomic mass is 35.5. The topological polar surface area (TPSA) is 85.0 Å². The number of methoxy groups -OCH3 is 1. The highest BCUT2D eigenvalue weighted by molar-refractivity contribution is 6.34. The van der Waals surface area contributed by atoms with Crippen LogP contribution in [0.3, 0.4) is 0 Å². The maximum atomic E-state index is 13.6. The largest absolute Gasteiger partial charge is 0.465 e. The minimum Gasteiger partial charge on any atom is -0.465 e. The van der Waals surface area contributed by atoms with Crippen molar-refractivity contribution in [2.45, 2.75) is 6.18 Å². The molecule has 0 radical (unpaired) electrons. The first-order valence-electron chi connectivity index (χ1n) is 9.67. The number of esters is 1. The fourth-order valence-electron chi connectivity index (χ4n) is 3.52. The normalized spacial score (nSPS) is 11.3. The van der Waals surface area contributed by atoms with Crippen LogP contribution in [0.1, 0.15) is 31.8 Å². The van der Waals surface area contributed by atoms with Gasteiger partial charge in [0.25, 0.3) is 5.91 Å². The van der Waals surface area contributed by atoms with Crippen molar-refractivity contribution in [3.05, 3.63) is 87.9 Å². The molecule has 0 bridgehead atoms. The molecule has 6 nitrogen and oxygen atoms in total. The van der Waals surface area contributed by atoms with E-state index in [1.165, 1.54) is 37.4 Å². The van der Waals surface area contributed by atoms with Gasteiger partial charge in [-0.15, -0.1) is 0 Å². The number of hydrogen-bond donors (Lipinski definition) is 0. The molecule has 0 N–H and O–H groups in total. The van der Waals surface area contributed by atoms with E-state index in [0.29, 0.717) is 10.9 Å². The molecule has 0 spiro atoms. The molecule has 0 amide bonds. The number of nitriles is 1. The fraction of sp³-hybridized carbons (Fsp3) is 0.0833. The molecular weight excluding hydrogens is 471 g/mol. The second-order valence-corrected chi connectivity index (χ2v) is 7.55. The van der Waals surface area contributed by atoms with Crippen LogP contribution in [0.25, 0.3) is 22.2 Å². The summed E-state index contributed by atoms with van der Waals surface area (Å²) in [6.45, 7) is 0. The molecule has 10 heteroatoms. The van der Waals surface area contributed by atoms with Gasteiger partial charge in [0.05, 0.1) is 46.0 Å². The van der Waals surface area contributed by atoms with Crippen LogP contribution in [0.5, 0.6) is 0 Å². The van der Waals surface area contributed by atoms with Crippen molar-refractivity contribution < 1.29 is 27.5 Å². The van der Waals surface area contributed by atoms with Gasteiger partial charge in [-0.05, 0) is 42.5 Å². The predicted molar refractivity (Wildman–Crippen MR) is 117 cm³/mol. The first kappa shape index (κ1) is 23.0. The number of nitrogens with zero attached hydrogens (tertiary/aromatic N) is 3. The van der Waals surface area contributed by atoms with Crippen molar-refractivity contribution in [3.8, 4) is 17.3 Å². The summed E-state index contributed by atoms with van der Waals surface area (Å²) in [7, 11) is 1.24. The molecule has 4 aromatic rings. The van der Waals surface area contributed by atoms with Crippen LogP contribution in [0.2, 0.25) is 5.02 Å². The van der Waals surface area contributed by atoms with E-state index in [4.69, 9.17) is 11.6 Å². The predicted octanol–water partition coefficient (Wildman–Crippen LogP) is 5.72. The summed E-state index contributed by atoms with van der Waals surface area (Å²) in [5.74, 6) is -1.65. The van der Waals surface area contributed by atoms with Crippen LogP contribution in [-0.2, 0) is 10.9 Å². The molecule has 0 unspecified atom stereocenters. The first-order valence-corrected chi connectivity index (χ1v) is 10.1. The van der Waals surface area contributed by atoms with E-state index in [2.05, 4.69) is 9.84 Å². The van der Waals surface area contributed by atoms with Crippen LogP contribution in [-0.4, -0.2) is 28.8 Å². The molecule has 170 valence electrons. The van der Waals surface area contributed by atoms with Gasteiger partial charge >= 0.3 is 12.1 Å². The number of carbonyl (C=O) groups is 2. The highest BCUT2D eigenvalue weighted by Crippen LogP contribution is 2.37. The maximum Gasteiger partial charge on any atom is 0.417 e. The van der Waals surface area contributed by atoms with Gasteiger partial charge in [-0.2, -0.15) is 28.2 Å². The van der Waals surface area contributed by atoms with Gasteiger partial charge in [-0.1, -0.05) is 29.8 Å². The van der Waals surface area contributed by atoms with E-state index in [1.807, 2.05) is 6.07 Å². The number of rotatable bonds is 3. The smallest absolute Gasteiger partial charge is 0.417 e. The number of benzene rings is 3. The molecule has 0 saturated heterocycles. The van der Waals surface area contributed by atoms with E-state index < -0.39 is 29.2 Å². The Labute approximate surface area is 195 Å². The summed E-state index contributed by atoms with van der Waals surface area (Å²) < 4.78 is 46.3. The summed E-state index contributed by atoms with van der Waals surface area (Å²) in [5.41, 5.74) is -0.601. The van der Waals surface area contributed by atoms with Gasteiger partial charge in [0.15, 0.2) is 0 Å². The average molecular weight is 484 g/mol. The lowest BCUT2D eigenvalue weighted by Crippen LogP contribution is -2.20. The first-order chi connectivity index (χ1) is 16.2. The Morgan fingerprint density at radius 2 is 1.79 bits per heavy atom. The number of aromatic nitrogens is 2. The monoisotopic (exact) mass is 483 g/mol. The summed E-state index contributed by atoms with van der Waals surface area (Å²) in [6.07, 6.45) is -4.83. The van der Waals surface area contributed by atoms with Crippen molar-refractivity contribution in [2.75, 3.05) is 7.11 Å². The summed E-state index contributed by atoms with van der Waals surface area (Å²) >= 11 is 6.02. The van der Waals surface area contributed by atoms with E-state index >= 15 is 0 Å². The zero-order chi connectivity index (χ0) is 24.6. The molecule has 1 aromatic heterocycles. The average Bonchev–Trinajstić information content (AvgIpc) is 3.21. The third-order valence-electron chi connectivity index (χ3n) is 5.11. The molecule has 34 heavy (non-hydrogen) atoms. The van der Waals surface area contributed by atoms with Crippen LogP contribution < -0.4 is 0 Å². The van der Waals surface area contributed by atoms with Gasteiger partial charge in [-0.3, -0.25) is 4.79 Å². The Kier molecular flexibility index (Phi) is 5.85. The zero-order valence-corrected chi connectivity index (χ0v) is 18.1. The van der Waals surface area contributed by atoms with Crippen molar-refractivity contribution in [1.29, 1.82) is 5.26 Å². The third kappa shape index (κ3) is 4.00. The molecule has 0 aliphatic carbocycles. The second kappa shape index (κ2) is 8.65. The molecular formula is C24H13ClF3N3O3. The number of alkyl halides is 3. The van der Waals surface area contributed by atoms with E-state index in [0.717, 1.165) is 16.8 Å². The summed E-state index contributed by atoms with van der Waals surface area (Å²) in [5, 5.41) is 13.6. The number of halogens is 4. The van der Waals surface area contributed by atoms with Gasteiger partial charge in [0.2, 0.25) is 0 Å². The molecule has 3 aromatic carbocycles. The number of hydrogen-bond acceptors (Lipinski definition) is 5. The van der Waals surface area contributed by atoms with Crippen molar-refractivity contribution >= 4 is 34.4 Å². The van der Waals surface area contributed by atoms with Crippen LogP contribution in [0.4, 0.5) is 13.2 Å². The lowest BCUT2D eigenvalue weighted by Gasteiger charge is -2.13. The minimum absolute atomic E-state index is 0.129. The minimum atomic E-state index is -4.83. The van der Waals surface area contributed by atoms with Gasteiger partial charge < -0.3 is 4.74 Å². The maximum absolute atomic E-state index is 13.6. The molecule has 0 atom stereocenters. The quantitative estimate of drug-likeness (QED) is 0.348. The van der Waals surface area contributed by atoms with Gasteiger partial charge in [0, 0.05) is 10.9 Å². The Balaban J connectivity index is 1.94. The Bertz CT molecular complexity index is 1490. The van der Waals surface area contributed by atoms with Crippen LogP contribution in [0.15, 0.2) is 60.7 Å². The van der Waals surface area contributed by atoms with Gasteiger partial charge in [0.1, 0.15) is 5.69 Å². The van der Waals surface area contributed by atoms with Crippen molar-refractivity contribution in [2.24, 2.45) is 0 Å². The highest BCUT2D eigenvalue weighted by Gasteiger charge is 2.37. The van der Waals surface area contributed by atoms with E-state index in [9.17, 15) is 28.0 Å². The molecule has 4 rings (SSSR count). The van der Waals surface area contributed by atoms with Crippen molar-refractivity contribution in [1.82, 2.24) is 9.78 Å². The van der Waals surface area contributed by atoms with E-state index in [1.54, 1.807) is 18.2 Å². The second-order valence-electron chi connectivity index (χ2n) is 7.14. The molecule has 1 heterocycles. The SMILES string of the molecule is COC(=O)c1ccc(-c2nn(C(=O)c3c(Cl)cccc3C(F)(F)F)c3cc(C#N)ccc23)cc1. The lowest BCUT2D eigenvalue weighted by atomic mass is 10.0. The Morgan fingerprint density at radius 3 is 2.41 bits per heavy atom. The summed E-state index contributed by atoms with van der Waals surface area (Å²) in [6, 6.07) is 15.5. The van der Waals surface area contributed by atoms with Gasteiger partial charge in [-0.25, -0.2) is 4.79 Å².